The molecule has 0 atom stereocenters. The van der Waals surface area contributed by atoms with Gasteiger partial charge in [-0.3, -0.25) is 9.59 Å². The lowest BCUT2D eigenvalue weighted by Gasteiger charge is -2.38. The van der Waals surface area contributed by atoms with E-state index in [2.05, 4.69) is 0 Å². The topological polar surface area (TPSA) is 42.3 Å². The average Bonchev–Trinajstić information content (AvgIpc) is 3.06. The number of amides is 1. The number of pyridine rings is 1. The summed E-state index contributed by atoms with van der Waals surface area (Å²) in [4.78, 5) is 26.0. The molecule has 0 saturated carbocycles. The van der Waals surface area contributed by atoms with E-state index < -0.39 is 53.8 Å². The minimum Gasteiger partial charge on any atom is -0.329 e. The zero-order chi connectivity index (χ0) is 21.8. The number of thiophene rings is 1. The lowest BCUT2D eigenvalue weighted by atomic mass is 10.0. The monoisotopic (exact) mass is 462 g/mol. The third-order valence-corrected chi connectivity index (χ3v) is 6.06. The summed E-state index contributed by atoms with van der Waals surface area (Å²) in [6.07, 6.45) is -3.30. The highest BCUT2D eigenvalue weighted by molar-refractivity contribution is 7.17. The van der Waals surface area contributed by atoms with E-state index in [1.807, 2.05) is 0 Å². The number of nitrogens with zero attached hydrogens (tertiary/aromatic N) is 2. The van der Waals surface area contributed by atoms with Gasteiger partial charge in [0.15, 0.2) is 0 Å². The van der Waals surface area contributed by atoms with Gasteiger partial charge < -0.3 is 9.47 Å². The summed E-state index contributed by atoms with van der Waals surface area (Å²) in [7, 11) is 0. The number of hydrogen-bond donors (Lipinski definition) is 0. The molecule has 11 heteroatoms. The van der Waals surface area contributed by atoms with Crippen LogP contribution in [-0.2, 0) is 17.5 Å². The Kier molecular flexibility index (Phi) is 4.89. The van der Waals surface area contributed by atoms with Crippen LogP contribution >= 0.6 is 22.9 Å². The van der Waals surface area contributed by atoms with E-state index in [0.29, 0.717) is 4.70 Å². The van der Waals surface area contributed by atoms with Crippen LogP contribution < -0.4 is 5.56 Å². The molecule has 1 aliphatic rings. The molecule has 2 aromatic heterocycles. The Morgan fingerprint density at radius 3 is 2.53 bits per heavy atom. The molecule has 0 spiro atoms. The fourth-order valence-electron chi connectivity index (χ4n) is 3.27. The lowest BCUT2D eigenvalue weighted by Crippen LogP contribution is -2.59. The van der Waals surface area contributed by atoms with Crippen LogP contribution in [0.5, 0.6) is 0 Å². The number of rotatable bonds is 3. The van der Waals surface area contributed by atoms with Crippen molar-refractivity contribution in [2.24, 2.45) is 0 Å². The van der Waals surface area contributed by atoms with Gasteiger partial charge in [0.25, 0.3) is 11.5 Å². The van der Waals surface area contributed by atoms with Crippen molar-refractivity contribution in [3.63, 3.8) is 0 Å². The van der Waals surface area contributed by atoms with Gasteiger partial charge in [-0.05, 0) is 23.8 Å². The summed E-state index contributed by atoms with van der Waals surface area (Å²) >= 11 is 6.83. The Morgan fingerprint density at radius 1 is 1.20 bits per heavy atom. The number of benzene rings is 1. The molecule has 0 bridgehead atoms. The molecule has 1 aliphatic heterocycles. The summed E-state index contributed by atoms with van der Waals surface area (Å²) in [6, 6.07) is 4.92. The molecule has 1 saturated heterocycles. The normalized spacial score (nSPS) is 16.0. The summed E-state index contributed by atoms with van der Waals surface area (Å²) in [5.74, 6) is -3.56. The summed E-state index contributed by atoms with van der Waals surface area (Å²) in [5.41, 5.74) is -1.18. The molecule has 0 unspecified atom stereocenters. The van der Waals surface area contributed by atoms with Crippen molar-refractivity contribution in [3.05, 3.63) is 56.8 Å². The van der Waals surface area contributed by atoms with Gasteiger partial charge in [0.2, 0.25) is 5.91 Å². The highest BCUT2D eigenvalue weighted by Crippen LogP contribution is 2.39. The third-order valence-electron chi connectivity index (χ3n) is 4.79. The molecule has 3 aromatic rings. The first-order chi connectivity index (χ1) is 14.0. The van der Waals surface area contributed by atoms with Crippen molar-refractivity contribution >= 4 is 38.9 Å². The van der Waals surface area contributed by atoms with Gasteiger partial charge >= 0.3 is 6.18 Å². The second-order valence-corrected chi connectivity index (χ2v) is 8.25. The SMILES string of the molecule is O=C(Cn1ccc2scc(-c3ccc(Cl)c(C(F)(F)F)c3)c2c1=O)N1CC(F)(F)C1. The van der Waals surface area contributed by atoms with E-state index in [9.17, 15) is 31.5 Å². The molecular weight excluding hydrogens is 451 g/mol. The third kappa shape index (κ3) is 3.69. The second-order valence-electron chi connectivity index (χ2n) is 6.94. The van der Waals surface area contributed by atoms with Crippen LogP contribution in [0.25, 0.3) is 21.2 Å². The molecule has 0 radical (unpaired) electrons. The summed E-state index contributed by atoms with van der Waals surface area (Å²) in [6.45, 7) is -1.83. The molecule has 1 aromatic carbocycles. The molecule has 30 heavy (non-hydrogen) atoms. The smallest absolute Gasteiger partial charge is 0.329 e. The van der Waals surface area contributed by atoms with E-state index in [1.165, 1.54) is 23.6 Å². The summed E-state index contributed by atoms with van der Waals surface area (Å²) < 4.78 is 67.1. The van der Waals surface area contributed by atoms with Gasteiger partial charge in [-0.1, -0.05) is 17.7 Å². The van der Waals surface area contributed by atoms with Gasteiger partial charge in [0.05, 0.1) is 29.1 Å². The fourth-order valence-corrected chi connectivity index (χ4v) is 4.44. The van der Waals surface area contributed by atoms with Gasteiger partial charge in [0.1, 0.15) is 6.54 Å². The van der Waals surface area contributed by atoms with Crippen molar-refractivity contribution < 1.29 is 26.7 Å². The van der Waals surface area contributed by atoms with Gasteiger partial charge in [-0.2, -0.15) is 13.2 Å². The molecule has 0 aliphatic carbocycles. The fraction of sp³-hybridized carbons (Fsp3) is 0.263. The Bertz CT molecular complexity index is 1210. The van der Waals surface area contributed by atoms with Gasteiger partial charge in [0, 0.05) is 21.8 Å². The van der Waals surface area contributed by atoms with Crippen molar-refractivity contribution in [3.8, 4) is 11.1 Å². The van der Waals surface area contributed by atoms with Crippen molar-refractivity contribution in [2.75, 3.05) is 13.1 Å². The van der Waals surface area contributed by atoms with Gasteiger partial charge in [-0.15, -0.1) is 11.3 Å². The number of carbonyl (C=O) groups excluding carboxylic acids is 1. The minimum absolute atomic E-state index is 0.152. The maximum atomic E-state index is 13.2. The van der Waals surface area contributed by atoms with Crippen LogP contribution in [0, 0.1) is 0 Å². The van der Waals surface area contributed by atoms with Crippen LogP contribution in [0.1, 0.15) is 5.56 Å². The number of fused-ring (bicyclic) bond motifs is 1. The molecule has 1 amide bonds. The molecule has 4 rings (SSSR count). The average molecular weight is 463 g/mol. The highest BCUT2D eigenvalue weighted by Gasteiger charge is 2.46. The van der Waals surface area contributed by atoms with Crippen molar-refractivity contribution in [1.29, 1.82) is 0 Å². The minimum atomic E-state index is -4.66. The number of halogens is 6. The maximum Gasteiger partial charge on any atom is 0.417 e. The molecule has 3 heterocycles. The molecule has 158 valence electrons. The lowest BCUT2D eigenvalue weighted by molar-refractivity contribution is -0.166. The number of alkyl halides is 5. The van der Waals surface area contributed by atoms with Crippen LogP contribution in [-0.4, -0.2) is 34.4 Å². The summed E-state index contributed by atoms with van der Waals surface area (Å²) in [5, 5.41) is 1.25. The van der Waals surface area contributed by atoms with Gasteiger partial charge in [-0.25, -0.2) is 8.78 Å². The number of aromatic nitrogens is 1. The largest absolute Gasteiger partial charge is 0.417 e. The number of hydrogen-bond acceptors (Lipinski definition) is 3. The second kappa shape index (κ2) is 7.05. The standard InChI is InChI=1S/C19H12ClF5N2O2S/c20-13-2-1-10(5-12(13)19(23,24)25)11-7-30-14-3-4-26(17(29)16(11)14)6-15(28)27-8-18(21,22)9-27/h1-5,7H,6,8-9H2. The zero-order valence-electron chi connectivity index (χ0n) is 15.0. The van der Waals surface area contributed by atoms with E-state index in [-0.39, 0.29) is 16.5 Å². The predicted molar refractivity (Wildman–Crippen MR) is 103 cm³/mol. The Hall–Kier alpha value is -2.46. The Labute approximate surface area is 175 Å². The van der Waals surface area contributed by atoms with Crippen molar-refractivity contribution in [2.45, 2.75) is 18.6 Å². The maximum absolute atomic E-state index is 13.2. The molecule has 0 N–H and O–H groups in total. The van der Waals surface area contributed by atoms with E-state index >= 15 is 0 Å². The highest BCUT2D eigenvalue weighted by atomic mass is 35.5. The van der Waals surface area contributed by atoms with E-state index in [1.54, 1.807) is 11.4 Å². The first-order valence-electron chi connectivity index (χ1n) is 8.60. The van der Waals surface area contributed by atoms with E-state index in [4.69, 9.17) is 11.6 Å². The molecule has 4 nitrogen and oxygen atoms in total. The van der Waals surface area contributed by atoms with Crippen LogP contribution in [0.3, 0.4) is 0 Å². The quantitative estimate of drug-likeness (QED) is 0.521. The molecular formula is C19H12ClF5N2O2S. The van der Waals surface area contributed by atoms with Crippen LogP contribution in [0.15, 0.2) is 40.6 Å². The van der Waals surface area contributed by atoms with Crippen LogP contribution in [0.4, 0.5) is 22.0 Å². The van der Waals surface area contributed by atoms with E-state index in [0.717, 1.165) is 21.6 Å². The Morgan fingerprint density at radius 2 is 1.90 bits per heavy atom. The first kappa shape index (κ1) is 20.8. The number of likely N-dealkylation sites (tertiary alicyclic amines) is 1. The zero-order valence-corrected chi connectivity index (χ0v) is 16.5. The van der Waals surface area contributed by atoms with Crippen LogP contribution in [0.2, 0.25) is 5.02 Å². The molecule has 1 fully saturated rings. The predicted octanol–water partition coefficient (Wildman–Crippen LogP) is 4.88. The Balaban J connectivity index is 1.73. The van der Waals surface area contributed by atoms with Crippen molar-refractivity contribution in [1.82, 2.24) is 9.47 Å². The first-order valence-corrected chi connectivity index (χ1v) is 9.85. The number of carbonyl (C=O) groups is 1.